The lowest BCUT2D eigenvalue weighted by molar-refractivity contribution is -0.119. The van der Waals surface area contributed by atoms with Crippen LogP contribution in [0.5, 0.6) is 0 Å². The first-order chi connectivity index (χ1) is 11.2. The summed E-state index contributed by atoms with van der Waals surface area (Å²) < 4.78 is 0. The molecule has 0 saturated heterocycles. The number of anilines is 1. The van der Waals surface area contributed by atoms with E-state index in [4.69, 9.17) is 11.6 Å². The second kappa shape index (κ2) is 5.56. The van der Waals surface area contributed by atoms with Crippen LogP contribution in [0.1, 0.15) is 5.56 Å². The summed E-state index contributed by atoms with van der Waals surface area (Å²) in [4.78, 5) is 19.0. The number of fused-ring (bicyclic) bond motifs is 1. The SMILES string of the molecule is O=C1C2N=C(c3ccccc3)NC2C=CN1c1ccccc1Cl. The van der Waals surface area contributed by atoms with Crippen molar-refractivity contribution in [1.82, 2.24) is 5.32 Å². The molecule has 4 rings (SSSR count). The molecule has 2 aromatic carbocycles. The van der Waals surface area contributed by atoms with Crippen molar-refractivity contribution >= 4 is 29.0 Å². The Hall–Kier alpha value is -2.59. The van der Waals surface area contributed by atoms with Crippen molar-refractivity contribution in [3.8, 4) is 0 Å². The van der Waals surface area contributed by atoms with Gasteiger partial charge in [0.15, 0.2) is 6.04 Å². The van der Waals surface area contributed by atoms with Crippen molar-refractivity contribution in [3.05, 3.63) is 77.5 Å². The van der Waals surface area contributed by atoms with Crippen LogP contribution in [-0.2, 0) is 4.79 Å². The molecule has 114 valence electrons. The number of nitrogens with zero attached hydrogens (tertiary/aromatic N) is 2. The molecule has 0 aromatic heterocycles. The molecule has 0 aliphatic carbocycles. The second-order valence-electron chi connectivity index (χ2n) is 5.46. The van der Waals surface area contributed by atoms with Gasteiger partial charge in [-0.25, -0.2) is 0 Å². The molecule has 0 bridgehead atoms. The minimum atomic E-state index is -0.466. The van der Waals surface area contributed by atoms with Crippen molar-refractivity contribution < 1.29 is 4.79 Å². The number of para-hydroxylation sites is 1. The van der Waals surface area contributed by atoms with E-state index in [0.29, 0.717) is 10.7 Å². The highest BCUT2D eigenvalue weighted by Crippen LogP contribution is 2.30. The lowest BCUT2D eigenvalue weighted by Gasteiger charge is -2.28. The van der Waals surface area contributed by atoms with Gasteiger partial charge in [-0.15, -0.1) is 0 Å². The van der Waals surface area contributed by atoms with E-state index in [1.807, 2.05) is 54.6 Å². The molecule has 23 heavy (non-hydrogen) atoms. The van der Waals surface area contributed by atoms with Gasteiger partial charge in [0, 0.05) is 11.8 Å². The number of hydrogen-bond acceptors (Lipinski definition) is 3. The molecule has 1 amide bonds. The number of hydrogen-bond donors (Lipinski definition) is 1. The van der Waals surface area contributed by atoms with Gasteiger partial charge in [-0.3, -0.25) is 14.7 Å². The average Bonchev–Trinajstić information content (AvgIpc) is 3.02. The molecular weight excluding hydrogens is 310 g/mol. The van der Waals surface area contributed by atoms with Gasteiger partial charge in [0.05, 0.1) is 16.8 Å². The zero-order valence-electron chi connectivity index (χ0n) is 12.2. The normalized spacial score (nSPS) is 22.6. The molecule has 4 nitrogen and oxygen atoms in total. The molecule has 0 spiro atoms. The molecular formula is C18H14ClN3O. The Morgan fingerprint density at radius 3 is 2.57 bits per heavy atom. The first-order valence-electron chi connectivity index (χ1n) is 7.40. The number of rotatable bonds is 2. The van der Waals surface area contributed by atoms with Gasteiger partial charge in [0.25, 0.3) is 5.91 Å². The van der Waals surface area contributed by atoms with E-state index in [1.54, 1.807) is 17.2 Å². The largest absolute Gasteiger partial charge is 0.361 e. The molecule has 1 N–H and O–H groups in total. The summed E-state index contributed by atoms with van der Waals surface area (Å²) >= 11 is 6.21. The molecule has 0 saturated carbocycles. The van der Waals surface area contributed by atoms with Crippen molar-refractivity contribution in [2.24, 2.45) is 4.99 Å². The number of carbonyl (C=O) groups is 1. The summed E-state index contributed by atoms with van der Waals surface area (Å²) in [5, 5.41) is 3.85. The highest BCUT2D eigenvalue weighted by molar-refractivity contribution is 6.34. The standard InChI is InChI=1S/C18H14ClN3O/c19-13-8-4-5-9-15(13)22-11-10-14-16(18(22)23)21-17(20-14)12-6-2-1-3-7-12/h1-11,14,16H,(H,20,21). The maximum atomic E-state index is 12.8. The smallest absolute Gasteiger partial charge is 0.258 e. The summed E-state index contributed by atoms with van der Waals surface area (Å²) in [5.74, 6) is 0.670. The average molecular weight is 324 g/mol. The molecule has 0 fully saturated rings. The van der Waals surface area contributed by atoms with E-state index in [-0.39, 0.29) is 11.9 Å². The molecule has 2 heterocycles. The van der Waals surface area contributed by atoms with Crippen LogP contribution < -0.4 is 10.2 Å². The fourth-order valence-corrected chi connectivity index (χ4v) is 3.08. The summed E-state index contributed by atoms with van der Waals surface area (Å²) in [6, 6.07) is 16.5. The topological polar surface area (TPSA) is 44.7 Å². The van der Waals surface area contributed by atoms with Gasteiger partial charge in [-0.05, 0) is 18.2 Å². The van der Waals surface area contributed by atoms with E-state index in [2.05, 4.69) is 10.3 Å². The number of nitrogens with one attached hydrogen (secondary N) is 1. The molecule has 2 aromatic rings. The zero-order chi connectivity index (χ0) is 15.8. The number of halogens is 1. The molecule has 2 aliphatic rings. The van der Waals surface area contributed by atoms with Crippen molar-refractivity contribution in [2.75, 3.05) is 4.90 Å². The molecule has 5 heteroatoms. The number of carbonyl (C=O) groups excluding carboxylic acids is 1. The van der Waals surface area contributed by atoms with Gasteiger partial charge in [-0.1, -0.05) is 54.1 Å². The van der Waals surface area contributed by atoms with Gasteiger partial charge in [0.2, 0.25) is 0 Å². The molecule has 0 radical (unpaired) electrons. The third kappa shape index (κ3) is 2.41. The Labute approximate surface area is 139 Å². The second-order valence-corrected chi connectivity index (χ2v) is 5.87. The van der Waals surface area contributed by atoms with E-state index in [0.717, 1.165) is 11.4 Å². The maximum absolute atomic E-state index is 12.8. The summed E-state index contributed by atoms with van der Waals surface area (Å²) in [7, 11) is 0. The predicted molar refractivity (Wildman–Crippen MR) is 91.8 cm³/mol. The van der Waals surface area contributed by atoms with Crippen LogP contribution >= 0.6 is 11.6 Å². The van der Waals surface area contributed by atoms with Gasteiger partial charge >= 0.3 is 0 Å². The van der Waals surface area contributed by atoms with Gasteiger partial charge < -0.3 is 5.32 Å². The molecule has 2 atom stereocenters. The fourth-order valence-electron chi connectivity index (χ4n) is 2.85. The van der Waals surface area contributed by atoms with E-state index < -0.39 is 6.04 Å². The number of amidine groups is 1. The number of amides is 1. The summed E-state index contributed by atoms with van der Waals surface area (Å²) in [6.07, 6.45) is 3.72. The zero-order valence-corrected chi connectivity index (χ0v) is 12.9. The lowest BCUT2D eigenvalue weighted by atomic mass is 10.0. The van der Waals surface area contributed by atoms with Crippen molar-refractivity contribution in [1.29, 1.82) is 0 Å². The monoisotopic (exact) mass is 323 g/mol. The summed E-state index contributed by atoms with van der Waals surface area (Å²) in [5.41, 5.74) is 1.66. The third-order valence-electron chi connectivity index (χ3n) is 4.00. The Kier molecular flexibility index (Phi) is 3.39. The van der Waals surface area contributed by atoms with Crippen LogP contribution in [-0.4, -0.2) is 23.8 Å². The minimum absolute atomic E-state index is 0.0796. The first kappa shape index (κ1) is 14.0. The molecule has 2 unspecified atom stereocenters. The van der Waals surface area contributed by atoms with Crippen LogP contribution in [0.3, 0.4) is 0 Å². The van der Waals surface area contributed by atoms with Crippen molar-refractivity contribution in [3.63, 3.8) is 0 Å². The highest BCUT2D eigenvalue weighted by Gasteiger charge is 2.39. The van der Waals surface area contributed by atoms with Crippen LogP contribution in [0.25, 0.3) is 0 Å². The van der Waals surface area contributed by atoms with E-state index >= 15 is 0 Å². The lowest BCUT2D eigenvalue weighted by Crippen LogP contribution is -2.47. The van der Waals surface area contributed by atoms with E-state index in [9.17, 15) is 4.79 Å². The number of aliphatic imine (C=N–C) groups is 1. The minimum Gasteiger partial charge on any atom is -0.361 e. The maximum Gasteiger partial charge on any atom is 0.258 e. The Morgan fingerprint density at radius 2 is 1.78 bits per heavy atom. The molecule has 2 aliphatic heterocycles. The van der Waals surface area contributed by atoms with Gasteiger partial charge in [-0.2, -0.15) is 0 Å². The van der Waals surface area contributed by atoms with Crippen LogP contribution in [0.2, 0.25) is 5.02 Å². The van der Waals surface area contributed by atoms with Crippen LogP contribution in [0, 0.1) is 0 Å². The summed E-state index contributed by atoms with van der Waals surface area (Å²) in [6.45, 7) is 0. The number of benzene rings is 2. The Morgan fingerprint density at radius 1 is 1.04 bits per heavy atom. The van der Waals surface area contributed by atoms with Crippen molar-refractivity contribution in [2.45, 2.75) is 12.1 Å². The first-order valence-corrected chi connectivity index (χ1v) is 7.77. The Bertz CT molecular complexity index is 816. The predicted octanol–water partition coefficient (Wildman–Crippen LogP) is 2.99. The van der Waals surface area contributed by atoms with Gasteiger partial charge in [0.1, 0.15) is 5.84 Å². The fraction of sp³-hybridized carbons (Fsp3) is 0.111. The third-order valence-corrected chi connectivity index (χ3v) is 4.32. The quantitative estimate of drug-likeness (QED) is 0.923. The van der Waals surface area contributed by atoms with E-state index in [1.165, 1.54) is 0 Å². The Balaban J connectivity index is 1.67. The van der Waals surface area contributed by atoms with Crippen LogP contribution in [0.15, 0.2) is 71.9 Å². The highest BCUT2D eigenvalue weighted by atomic mass is 35.5. The van der Waals surface area contributed by atoms with Crippen LogP contribution in [0.4, 0.5) is 5.69 Å².